The number of benzene rings is 1. The van der Waals surface area contributed by atoms with E-state index >= 15 is 0 Å². The van der Waals surface area contributed by atoms with Crippen LogP contribution in [-0.4, -0.2) is 11.7 Å². The highest BCUT2D eigenvalue weighted by Gasteiger charge is 2.28. The maximum atomic E-state index is 13.1. The first-order chi connectivity index (χ1) is 13.1. The molecule has 0 atom stereocenters. The Balaban J connectivity index is 0.00000225. The highest BCUT2D eigenvalue weighted by Crippen LogP contribution is 2.40. The predicted molar refractivity (Wildman–Crippen MR) is 106 cm³/mol. The van der Waals surface area contributed by atoms with Crippen LogP contribution in [0.25, 0.3) is 0 Å². The molecule has 0 saturated carbocycles. The molecule has 2 aromatic heterocycles. The summed E-state index contributed by atoms with van der Waals surface area (Å²) in [6.07, 6.45) is 6.58. The summed E-state index contributed by atoms with van der Waals surface area (Å²) in [6.45, 7) is 0.206. The smallest absolute Gasteiger partial charge is 0.290 e. The van der Waals surface area contributed by atoms with Crippen molar-refractivity contribution in [1.29, 1.82) is 0 Å². The second-order valence-electron chi connectivity index (χ2n) is 6.49. The average Bonchev–Trinajstić information content (AvgIpc) is 3.23. The molecule has 1 aromatic carbocycles. The van der Waals surface area contributed by atoms with Gasteiger partial charge in [0.2, 0.25) is 6.54 Å². The third-order valence-electron chi connectivity index (χ3n) is 4.61. The molecule has 28 heavy (non-hydrogen) atoms. The molecule has 0 saturated heterocycles. The molecular formula is C21H18Cl2N2O2S. The second-order valence-corrected chi connectivity index (χ2v) is 8.04. The number of amides is 1. The zero-order valence-electron chi connectivity index (χ0n) is 15.0. The van der Waals surface area contributed by atoms with Crippen molar-refractivity contribution >= 4 is 39.6 Å². The highest BCUT2D eigenvalue weighted by molar-refractivity contribution is 7.17. The lowest BCUT2D eigenvalue weighted by Gasteiger charge is -2.07. The van der Waals surface area contributed by atoms with Crippen LogP contribution < -0.4 is 22.3 Å². The Morgan fingerprint density at radius 3 is 2.50 bits per heavy atom. The SMILES string of the molecule is O=C(C[n+]1ccccc1)Nc1sc2c(c1C(=O)c1ccc(Cl)cc1)CCC2.[Cl-]. The molecule has 0 radical (unpaired) electrons. The summed E-state index contributed by atoms with van der Waals surface area (Å²) >= 11 is 7.47. The van der Waals surface area contributed by atoms with Gasteiger partial charge in [0.25, 0.3) is 5.91 Å². The first-order valence-electron chi connectivity index (χ1n) is 8.80. The van der Waals surface area contributed by atoms with E-state index in [1.54, 1.807) is 28.8 Å². The van der Waals surface area contributed by atoms with E-state index < -0.39 is 0 Å². The number of anilines is 1. The van der Waals surface area contributed by atoms with Crippen LogP contribution in [0.5, 0.6) is 0 Å². The standard InChI is InChI=1S/C21H17ClN2O2S.ClH/c22-15-9-7-14(8-10-15)20(26)19-16-5-4-6-17(16)27-21(19)23-18(25)13-24-11-2-1-3-12-24;/h1-3,7-12H,4-6,13H2;1H. The summed E-state index contributed by atoms with van der Waals surface area (Å²) in [7, 11) is 0. The lowest BCUT2D eigenvalue weighted by molar-refractivity contribution is -0.684. The van der Waals surface area contributed by atoms with Crippen molar-refractivity contribution in [2.24, 2.45) is 0 Å². The minimum atomic E-state index is -0.142. The number of aromatic nitrogens is 1. The van der Waals surface area contributed by atoms with E-state index in [0.29, 0.717) is 21.2 Å². The van der Waals surface area contributed by atoms with Crippen LogP contribution >= 0.6 is 22.9 Å². The van der Waals surface area contributed by atoms with Crippen molar-refractivity contribution in [3.63, 3.8) is 0 Å². The van der Waals surface area contributed by atoms with E-state index in [4.69, 9.17) is 11.6 Å². The third-order valence-corrected chi connectivity index (χ3v) is 6.07. The van der Waals surface area contributed by atoms with E-state index in [1.807, 2.05) is 30.6 Å². The average molecular weight is 433 g/mol. The number of rotatable bonds is 5. The van der Waals surface area contributed by atoms with Gasteiger partial charge < -0.3 is 17.7 Å². The number of nitrogens with one attached hydrogen (secondary N) is 1. The van der Waals surface area contributed by atoms with Crippen molar-refractivity contribution < 1.29 is 26.6 Å². The van der Waals surface area contributed by atoms with Crippen molar-refractivity contribution in [2.45, 2.75) is 25.8 Å². The molecule has 0 fully saturated rings. The van der Waals surface area contributed by atoms with Crippen molar-refractivity contribution in [1.82, 2.24) is 0 Å². The molecule has 4 nitrogen and oxygen atoms in total. The molecule has 0 aliphatic heterocycles. The largest absolute Gasteiger partial charge is 1.00 e. The van der Waals surface area contributed by atoms with E-state index in [2.05, 4.69) is 5.32 Å². The molecule has 0 unspecified atom stereocenters. The molecule has 1 aliphatic carbocycles. The first-order valence-corrected chi connectivity index (χ1v) is 10.00. The quantitative estimate of drug-likeness (QED) is 0.483. The Kier molecular flexibility index (Phi) is 6.50. The van der Waals surface area contributed by atoms with Gasteiger partial charge in [-0.15, -0.1) is 11.3 Å². The lowest BCUT2D eigenvalue weighted by atomic mass is 10.0. The monoisotopic (exact) mass is 432 g/mol. The molecule has 1 aliphatic rings. The van der Waals surface area contributed by atoms with Crippen LogP contribution in [-0.2, 0) is 24.2 Å². The predicted octanol–water partition coefficient (Wildman–Crippen LogP) is 1.05. The summed E-state index contributed by atoms with van der Waals surface area (Å²) in [5.41, 5.74) is 2.31. The van der Waals surface area contributed by atoms with Gasteiger partial charge in [0.15, 0.2) is 18.2 Å². The maximum Gasteiger partial charge on any atom is 0.290 e. The second kappa shape index (κ2) is 8.86. The van der Waals surface area contributed by atoms with Crippen molar-refractivity contribution in [3.05, 3.63) is 81.4 Å². The van der Waals surface area contributed by atoms with Crippen molar-refractivity contribution in [2.75, 3.05) is 5.32 Å². The fourth-order valence-corrected chi connectivity index (χ4v) is 4.78. The molecule has 1 N–H and O–H groups in total. The fraction of sp³-hybridized carbons (Fsp3) is 0.190. The van der Waals surface area contributed by atoms with E-state index in [9.17, 15) is 9.59 Å². The summed E-state index contributed by atoms with van der Waals surface area (Å²) in [5.74, 6) is -0.204. The van der Waals surface area contributed by atoms with Crippen LogP contribution in [0.3, 0.4) is 0 Å². The van der Waals surface area contributed by atoms with Crippen LogP contribution in [0.4, 0.5) is 5.00 Å². The lowest BCUT2D eigenvalue weighted by Crippen LogP contribution is -3.00. The number of carbonyl (C=O) groups is 2. The Labute approximate surface area is 178 Å². The molecule has 4 rings (SSSR count). The van der Waals surface area contributed by atoms with E-state index in [-0.39, 0.29) is 30.6 Å². The summed E-state index contributed by atoms with van der Waals surface area (Å²) < 4.78 is 1.80. The van der Waals surface area contributed by atoms with Crippen molar-refractivity contribution in [3.8, 4) is 0 Å². The van der Waals surface area contributed by atoms with Gasteiger partial charge in [-0.25, -0.2) is 0 Å². The number of hydrogen-bond donors (Lipinski definition) is 1. The zero-order valence-corrected chi connectivity index (χ0v) is 17.3. The Hall–Kier alpha value is -2.21. The van der Waals surface area contributed by atoms with E-state index in [0.717, 1.165) is 24.8 Å². The van der Waals surface area contributed by atoms with Crippen LogP contribution in [0.15, 0.2) is 54.9 Å². The highest BCUT2D eigenvalue weighted by atomic mass is 35.5. The Morgan fingerprint density at radius 2 is 1.79 bits per heavy atom. The van der Waals surface area contributed by atoms with Gasteiger partial charge in [-0.1, -0.05) is 17.7 Å². The first kappa shape index (κ1) is 20.5. The molecule has 1 amide bonds. The molecule has 7 heteroatoms. The summed E-state index contributed by atoms with van der Waals surface area (Å²) in [5, 5.41) is 4.21. The number of carbonyl (C=O) groups excluding carboxylic acids is 2. The molecular weight excluding hydrogens is 415 g/mol. The number of pyridine rings is 1. The minimum absolute atomic E-state index is 0. The summed E-state index contributed by atoms with van der Waals surface area (Å²) in [4.78, 5) is 26.9. The van der Waals surface area contributed by atoms with Gasteiger partial charge in [-0.05, 0) is 49.1 Å². The minimum Gasteiger partial charge on any atom is -1.00 e. The maximum absolute atomic E-state index is 13.1. The molecule has 0 bridgehead atoms. The number of ketones is 1. The van der Waals surface area contributed by atoms with Gasteiger partial charge >= 0.3 is 0 Å². The molecule has 2 heterocycles. The number of thiophene rings is 1. The van der Waals surface area contributed by atoms with Crippen LogP contribution in [0, 0.1) is 0 Å². The van der Waals surface area contributed by atoms with Crippen LogP contribution in [0.1, 0.15) is 32.8 Å². The number of aryl methyl sites for hydroxylation is 1. The molecule has 3 aromatic rings. The van der Waals surface area contributed by atoms with Gasteiger partial charge in [0, 0.05) is 27.6 Å². The number of fused-ring (bicyclic) bond motifs is 1. The summed E-state index contributed by atoms with van der Waals surface area (Å²) in [6, 6.07) is 12.5. The van der Waals surface area contributed by atoms with Gasteiger partial charge in [0.1, 0.15) is 5.00 Å². The molecule has 0 spiro atoms. The molecule has 144 valence electrons. The topological polar surface area (TPSA) is 50.0 Å². The zero-order chi connectivity index (χ0) is 18.8. The van der Waals surface area contributed by atoms with Crippen LogP contribution in [0.2, 0.25) is 5.02 Å². The number of nitrogens with zero attached hydrogens (tertiary/aromatic N) is 1. The third kappa shape index (κ3) is 4.27. The van der Waals surface area contributed by atoms with Gasteiger partial charge in [0.05, 0.1) is 5.56 Å². The normalized spacial score (nSPS) is 12.2. The fourth-order valence-electron chi connectivity index (χ4n) is 3.35. The van der Waals surface area contributed by atoms with E-state index in [1.165, 1.54) is 16.2 Å². The van der Waals surface area contributed by atoms with Gasteiger partial charge in [-0.3, -0.25) is 9.59 Å². The number of hydrogen-bond acceptors (Lipinski definition) is 3. The van der Waals surface area contributed by atoms with Gasteiger partial charge in [-0.2, -0.15) is 4.57 Å². The Morgan fingerprint density at radius 1 is 1.07 bits per heavy atom. The Bertz CT molecular complexity index is 1000. The number of halogens is 2.